The first-order chi connectivity index (χ1) is 34.2. The number of nitrogens with one attached hydrogen (secondary N) is 2. The van der Waals surface area contributed by atoms with E-state index >= 15 is 0 Å². The third-order valence-corrected chi connectivity index (χ3v) is 14.3. The summed E-state index contributed by atoms with van der Waals surface area (Å²) in [6, 6.07) is 9.00. The van der Waals surface area contributed by atoms with Gasteiger partial charge in [-0.05, 0) is 74.9 Å². The van der Waals surface area contributed by atoms with Gasteiger partial charge >= 0.3 is 0 Å². The summed E-state index contributed by atoms with van der Waals surface area (Å²) in [5.74, 6) is 0.555. The number of fused-ring (bicyclic) bond motifs is 2. The molecule has 1 aliphatic carbocycles. The summed E-state index contributed by atoms with van der Waals surface area (Å²) >= 11 is 1.62. The number of aromatic nitrogens is 4. The van der Waals surface area contributed by atoms with Crippen LogP contribution in [-0.2, 0) is 39.8 Å². The monoisotopic (exact) mass is 983 g/mol. The first-order valence-electron chi connectivity index (χ1n) is 24.6. The van der Waals surface area contributed by atoms with E-state index in [2.05, 4.69) is 36.5 Å². The number of Topliss-reactive ketones (excluding diaryl/α,β-unsaturated/α-hetero) is 1. The molecule has 4 aliphatic rings. The average molecular weight is 984 g/mol. The van der Waals surface area contributed by atoms with Gasteiger partial charge in [-0.1, -0.05) is 18.9 Å². The minimum atomic E-state index is -0.625. The third kappa shape index (κ3) is 12.9. The number of benzene rings is 1. The lowest BCUT2D eigenvalue weighted by Crippen LogP contribution is -2.52. The fraction of sp³-hybridized carbons (Fsp3) is 0.560. The summed E-state index contributed by atoms with van der Waals surface area (Å²) in [5.41, 5.74) is 3.70. The lowest BCUT2D eigenvalue weighted by atomic mass is 10.0. The number of thioether (sulfide) groups is 1. The molecule has 1 aromatic carbocycles. The van der Waals surface area contributed by atoms with E-state index in [9.17, 15) is 24.0 Å². The fourth-order valence-electron chi connectivity index (χ4n) is 9.57. The van der Waals surface area contributed by atoms with E-state index in [0.717, 1.165) is 81.0 Å². The molecule has 70 heavy (non-hydrogen) atoms. The summed E-state index contributed by atoms with van der Waals surface area (Å²) < 4.78 is 30.1. The van der Waals surface area contributed by atoms with Gasteiger partial charge in [-0.2, -0.15) is 4.98 Å². The number of piperidine rings is 1. The van der Waals surface area contributed by atoms with Crippen molar-refractivity contribution in [1.29, 1.82) is 0 Å². The number of pyridine rings is 2. The smallest absolute Gasteiger partial charge is 0.263 e. The number of ketones is 1. The molecule has 2 N–H and O–H groups in total. The van der Waals surface area contributed by atoms with Crippen molar-refractivity contribution in [2.24, 2.45) is 0 Å². The molecule has 3 fully saturated rings. The first-order valence-corrected chi connectivity index (χ1v) is 25.6. The minimum Gasteiger partial charge on any atom is -0.379 e. The van der Waals surface area contributed by atoms with Crippen molar-refractivity contribution in [2.75, 3.05) is 115 Å². The molecule has 0 bridgehead atoms. The van der Waals surface area contributed by atoms with E-state index in [1.165, 1.54) is 6.92 Å². The number of carbonyl (C=O) groups excluding carboxylic acids is 4. The highest BCUT2D eigenvalue weighted by molar-refractivity contribution is 7.99. The molecule has 6 heterocycles. The number of amides is 3. The molecule has 1 atom stereocenters. The summed E-state index contributed by atoms with van der Waals surface area (Å²) in [5, 5.41) is 6.28. The van der Waals surface area contributed by atoms with Crippen molar-refractivity contribution in [3.05, 3.63) is 75.3 Å². The number of nitrogens with zero attached hydrogens (tertiary/aromatic N) is 7. The van der Waals surface area contributed by atoms with E-state index in [1.54, 1.807) is 40.4 Å². The van der Waals surface area contributed by atoms with Gasteiger partial charge in [0.25, 0.3) is 11.5 Å². The standard InChI is InChI=1S/C50H65N9O10S/c1-34-39-32-52-50(55-46(39)59(36-7-3-4-8-36)49(64)45(34)35(2)60)53-43-13-11-37(31-51-43)57-18-16-56(17-19-57)15-6-20-65-21-22-66-23-24-67-25-26-68-27-28-69-29-30-70-42-10-5-9-38-40(42)33-58(48(38)63)41-12-14-44(61)54-47(41)62/h5,9-11,13,31-32,36,41H,3-4,6-8,12,14-30,33H2,1-2H3,(H,54,61,62)(H,51,52,53,55). The quantitative estimate of drug-likeness (QED) is 0.0378. The largest absolute Gasteiger partial charge is 0.379 e. The summed E-state index contributed by atoms with van der Waals surface area (Å²) in [7, 11) is 0. The summed E-state index contributed by atoms with van der Waals surface area (Å²) in [4.78, 5) is 84.4. The van der Waals surface area contributed by atoms with E-state index in [-0.39, 0.29) is 41.2 Å². The molecule has 8 rings (SSSR count). The van der Waals surface area contributed by atoms with Crippen molar-refractivity contribution < 1.29 is 42.9 Å². The number of imide groups is 1. The molecule has 0 radical (unpaired) electrons. The second-order valence-electron chi connectivity index (χ2n) is 17.9. The maximum atomic E-state index is 13.6. The molecule has 3 amide bonds. The lowest BCUT2D eigenvalue weighted by molar-refractivity contribution is -0.136. The second kappa shape index (κ2) is 25.2. The van der Waals surface area contributed by atoms with Gasteiger partial charge in [-0.15, -0.1) is 11.8 Å². The van der Waals surface area contributed by atoms with Crippen LogP contribution in [0.25, 0.3) is 11.0 Å². The Balaban J connectivity index is 0.612. The Morgan fingerprint density at radius 1 is 0.814 bits per heavy atom. The summed E-state index contributed by atoms with van der Waals surface area (Å²) in [6.45, 7) is 13.4. The Labute approximate surface area is 412 Å². The van der Waals surface area contributed by atoms with Crippen molar-refractivity contribution in [1.82, 2.24) is 34.6 Å². The fourth-order valence-corrected chi connectivity index (χ4v) is 10.5. The van der Waals surface area contributed by atoms with Gasteiger partial charge in [0.2, 0.25) is 17.8 Å². The van der Waals surface area contributed by atoms with Crippen LogP contribution in [0.5, 0.6) is 0 Å². The SMILES string of the molecule is CC(=O)c1c(C)c2cnc(Nc3ccc(N4CCN(CCCOCCOCCOCCOCCOCCSc5cccc6c5CN(C5CCC(=O)NC5=O)C6=O)CC4)cn3)nc2n(C2CCCC2)c1=O. The molecule has 19 nitrogen and oxygen atoms in total. The summed E-state index contributed by atoms with van der Waals surface area (Å²) in [6.07, 6.45) is 8.95. The van der Waals surface area contributed by atoms with Crippen molar-refractivity contribution in [3.63, 3.8) is 0 Å². The predicted octanol–water partition coefficient (Wildman–Crippen LogP) is 4.70. The zero-order valence-corrected chi connectivity index (χ0v) is 41.1. The van der Waals surface area contributed by atoms with E-state index < -0.39 is 11.9 Å². The molecule has 4 aromatic rings. The van der Waals surface area contributed by atoms with Crippen molar-refractivity contribution >= 4 is 63.8 Å². The van der Waals surface area contributed by atoms with Gasteiger partial charge in [-0.3, -0.25) is 38.8 Å². The number of piperazine rings is 1. The average Bonchev–Trinajstić information content (AvgIpc) is 4.01. The molecular formula is C50H65N9O10S. The van der Waals surface area contributed by atoms with Crippen LogP contribution in [0.1, 0.15) is 89.8 Å². The minimum absolute atomic E-state index is 0.0149. The number of carbonyl (C=O) groups is 4. The normalized spacial score (nSPS) is 17.7. The number of aryl methyl sites for hydroxylation is 1. The van der Waals surface area contributed by atoms with Crippen LogP contribution in [0, 0.1) is 6.92 Å². The van der Waals surface area contributed by atoms with Crippen LogP contribution in [-0.4, -0.2) is 163 Å². The molecule has 0 spiro atoms. The highest BCUT2D eigenvalue weighted by atomic mass is 32.2. The number of hydrogen-bond donors (Lipinski definition) is 2. The Morgan fingerprint density at radius 2 is 1.50 bits per heavy atom. The van der Waals surface area contributed by atoms with E-state index in [1.807, 2.05) is 24.4 Å². The molecule has 1 unspecified atom stereocenters. The molecule has 3 aliphatic heterocycles. The highest BCUT2D eigenvalue weighted by Crippen LogP contribution is 2.35. The Morgan fingerprint density at radius 3 is 2.16 bits per heavy atom. The topological polar surface area (TPSA) is 209 Å². The molecule has 1 saturated carbocycles. The van der Waals surface area contributed by atoms with Gasteiger partial charge in [0, 0.05) is 86.1 Å². The number of anilines is 3. The Kier molecular flexibility index (Phi) is 18.3. The third-order valence-electron chi connectivity index (χ3n) is 13.3. The van der Waals surface area contributed by atoms with Crippen LogP contribution in [0.3, 0.4) is 0 Å². The number of rotatable bonds is 26. The van der Waals surface area contributed by atoms with E-state index in [0.29, 0.717) is 119 Å². The van der Waals surface area contributed by atoms with Gasteiger partial charge in [-0.25, -0.2) is 9.97 Å². The maximum absolute atomic E-state index is 13.6. The number of hydrogen-bond acceptors (Lipinski definition) is 17. The van der Waals surface area contributed by atoms with Gasteiger partial charge in [0.1, 0.15) is 17.5 Å². The van der Waals surface area contributed by atoms with Crippen molar-refractivity contribution in [2.45, 2.75) is 82.3 Å². The van der Waals surface area contributed by atoms with Gasteiger partial charge < -0.3 is 38.8 Å². The van der Waals surface area contributed by atoms with Crippen LogP contribution < -0.4 is 21.1 Å². The zero-order valence-electron chi connectivity index (χ0n) is 40.3. The van der Waals surface area contributed by atoms with Gasteiger partial charge in [0.05, 0.1) is 76.9 Å². The zero-order chi connectivity index (χ0) is 48.8. The Hall–Kier alpha value is -5.35. The van der Waals surface area contributed by atoms with Crippen LogP contribution >= 0.6 is 11.8 Å². The van der Waals surface area contributed by atoms with Crippen LogP contribution in [0.4, 0.5) is 17.5 Å². The molecule has 20 heteroatoms. The molecule has 2 saturated heterocycles. The molecule has 3 aromatic heterocycles. The lowest BCUT2D eigenvalue weighted by Gasteiger charge is -2.36. The second-order valence-corrected chi connectivity index (χ2v) is 19.0. The first kappa shape index (κ1) is 51.0. The molecule has 376 valence electrons. The van der Waals surface area contributed by atoms with Crippen LogP contribution in [0.2, 0.25) is 0 Å². The highest BCUT2D eigenvalue weighted by Gasteiger charge is 2.40. The molecular weight excluding hydrogens is 919 g/mol. The Bertz CT molecular complexity index is 2510. The maximum Gasteiger partial charge on any atom is 0.263 e. The van der Waals surface area contributed by atoms with Crippen molar-refractivity contribution in [3.8, 4) is 0 Å². The number of ether oxygens (including phenoxy) is 5. The predicted molar refractivity (Wildman–Crippen MR) is 264 cm³/mol. The van der Waals surface area contributed by atoms with Gasteiger partial charge in [0.15, 0.2) is 5.78 Å². The van der Waals surface area contributed by atoms with Crippen LogP contribution in [0.15, 0.2) is 52.4 Å². The van der Waals surface area contributed by atoms with E-state index in [4.69, 9.17) is 28.7 Å².